The first-order valence-corrected chi connectivity index (χ1v) is 7.80. The number of rotatable bonds is 1. The lowest BCUT2D eigenvalue weighted by atomic mass is 9.76. The molecule has 0 spiro atoms. The lowest BCUT2D eigenvalue weighted by Crippen LogP contribution is -2.58. The van der Waals surface area contributed by atoms with E-state index in [9.17, 15) is 15.0 Å². The van der Waals surface area contributed by atoms with E-state index in [1.165, 1.54) is 0 Å². The quantitative estimate of drug-likeness (QED) is 0.828. The van der Waals surface area contributed by atoms with Crippen molar-refractivity contribution in [3.63, 3.8) is 0 Å². The standard InChI is InChI=1S/C17H19N3O3/c1-19-10-18-9-15(19)17(23)8-12-11-4-2-3-5-13(11)20(17)16(22)7-6-14(12)21/h2-5,9-10,12,16,22-23H,6-8H2,1H3/t12-,16-,17-/m0/s1. The van der Waals surface area contributed by atoms with Crippen LogP contribution in [0.25, 0.3) is 0 Å². The number of para-hydroxylation sites is 1. The molecule has 2 bridgehead atoms. The largest absolute Gasteiger partial charge is 0.373 e. The first kappa shape index (κ1) is 14.4. The van der Waals surface area contributed by atoms with Crippen molar-refractivity contribution < 1.29 is 15.0 Å². The third kappa shape index (κ3) is 1.95. The minimum absolute atomic E-state index is 0.0662. The van der Waals surface area contributed by atoms with Crippen LogP contribution in [-0.2, 0) is 17.6 Å². The summed E-state index contributed by atoms with van der Waals surface area (Å²) in [5.74, 6) is -0.300. The second kappa shape index (κ2) is 4.91. The molecule has 0 radical (unpaired) electrons. The Labute approximate surface area is 134 Å². The van der Waals surface area contributed by atoms with Gasteiger partial charge in [0.25, 0.3) is 0 Å². The van der Waals surface area contributed by atoms with Crippen LogP contribution in [0, 0.1) is 0 Å². The predicted octanol–water partition coefficient (Wildman–Crippen LogP) is 1.24. The molecule has 23 heavy (non-hydrogen) atoms. The number of hydrogen-bond acceptors (Lipinski definition) is 5. The van der Waals surface area contributed by atoms with Crippen LogP contribution in [0.2, 0.25) is 0 Å². The molecule has 1 aromatic heterocycles. The van der Waals surface area contributed by atoms with Crippen LogP contribution in [0.15, 0.2) is 36.8 Å². The highest BCUT2D eigenvalue weighted by Crippen LogP contribution is 2.50. The number of carbonyl (C=O) groups excluding carboxylic acids is 1. The number of aliphatic hydroxyl groups excluding tert-OH is 1. The summed E-state index contributed by atoms with van der Waals surface area (Å²) in [4.78, 5) is 18.3. The summed E-state index contributed by atoms with van der Waals surface area (Å²) in [6.45, 7) is 0. The molecule has 120 valence electrons. The zero-order valence-electron chi connectivity index (χ0n) is 12.9. The van der Waals surface area contributed by atoms with Crippen molar-refractivity contribution >= 4 is 11.5 Å². The second-order valence-electron chi connectivity index (χ2n) is 6.38. The Morgan fingerprint density at radius 1 is 1.35 bits per heavy atom. The third-order valence-electron chi connectivity index (χ3n) is 5.02. The highest BCUT2D eigenvalue weighted by molar-refractivity contribution is 5.89. The first-order chi connectivity index (χ1) is 11.0. The van der Waals surface area contributed by atoms with Crippen LogP contribution in [0.1, 0.15) is 36.4 Å². The van der Waals surface area contributed by atoms with Gasteiger partial charge in [0.2, 0.25) is 0 Å². The van der Waals surface area contributed by atoms with Crippen LogP contribution in [0.3, 0.4) is 0 Å². The van der Waals surface area contributed by atoms with Gasteiger partial charge in [0, 0.05) is 31.5 Å². The molecule has 0 aliphatic carbocycles. The molecule has 3 atom stereocenters. The summed E-state index contributed by atoms with van der Waals surface area (Å²) >= 11 is 0. The molecule has 3 heterocycles. The number of hydrogen-bond donors (Lipinski definition) is 2. The van der Waals surface area contributed by atoms with Crippen LogP contribution >= 0.6 is 0 Å². The number of aromatic nitrogens is 2. The SMILES string of the molecule is Cn1cncc1[C@@]1(O)C[C@@H]2C(=O)CC[C@H](O)N1c1ccccc12. The van der Waals surface area contributed by atoms with E-state index in [0.717, 1.165) is 5.56 Å². The smallest absolute Gasteiger partial charge is 0.184 e. The van der Waals surface area contributed by atoms with Gasteiger partial charge in [-0.3, -0.25) is 4.79 Å². The number of imidazole rings is 1. The maximum atomic E-state index is 12.6. The number of ketones is 1. The maximum absolute atomic E-state index is 12.6. The van der Waals surface area contributed by atoms with Crippen molar-refractivity contribution in [2.24, 2.45) is 7.05 Å². The van der Waals surface area contributed by atoms with Gasteiger partial charge >= 0.3 is 0 Å². The van der Waals surface area contributed by atoms with E-state index in [4.69, 9.17) is 0 Å². The fraction of sp³-hybridized carbons (Fsp3) is 0.412. The summed E-state index contributed by atoms with van der Waals surface area (Å²) in [6, 6.07) is 7.51. The molecule has 2 aromatic rings. The normalized spacial score (nSPS) is 30.0. The summed E-state index contributed by atoms with van der Waals surface area (Å²) < 4.78 is 1.73. The van der Waals surface area contributed by atoms with Gasteiger partial charge in [-0.25, -0.2) is 4.98 Å². The minimum Gasteiger partial charge on any atom is -0.373 e. The zero-order valence-corrected chi connectivity index (χ0v) is 12.9. The fourth-order valence-corrected chi connectivity index (χ4v) is 3.93. The number of nitrogens with zero attached hydrogens (tertiary/aromatic N) is 3. The number of anilines is 1. The van der Waals surface area contributed by atoms with E-state index < -0.39 is 12.0 Å². The first-order valence-electron chi connectivity index (χ1n) is 7.80. The maximum Gasteiger partial charge on any atom is 0.184 e. The average molecular weight is 313 g/mol. The van der Waals surface area contributed by atoms with E-state index in [1.54, 1.807) is 29.0 Å². The van der Waals surface area contributed by atoms with Crippen LogP contribution in [0.5, 0.6) is 0 Å². The van der Waals surface area contributed by atoms with E-state index >= 15 is 0 Å². The molecule has 6 nitrogen and oxygen atoms in total. The van der Waals surface area contributed by atoms with Crippen molar-refractivity contribution in [3.8, 4) is 0 Å². The average Bonchev–Trinajstić information content (AvgIpc) is 2.97. The van der Waals surface area contributed by atoms with Gasteiger partial charge in [-0.2, -0.15) is 0 Å². The number of aliphatic hydroxyl groups is 2. The van der Waals surface area contributed by atoms with Crippen LogP contribution < -0.4 is 4.90 Å². The van der Waals surface area contributed by atoms with Crippen LogP contribution in [-0.4, -0.2) is 31.8 Å². The zero-order chi connectivity index (χ0) is 16.2. The second-order valence-corrected chi connectivity index (χ2v) is 6.38. The monoisotopic (exact) mass is 313 g/mol. The molecule has 2 aliphatic rings. The Hall–Kier alpha value is -2.18. The van der Waals surface area contributed by atoms with Gasteiger partial charge in [0.1, 0.15) is 12.0 Å². The van der Waals surface area contributed by atoms with Crippen LogP contribution in [0.4, 0.5) is 5.69 Å². The lowest BCUT2D eigenvalue weighted by Gasteiger charge is -2.51. The predicted molar refractivity (Wildman–Crippen MR) is 83.6 cm³/mol. The summed E-state index contributed by atoms with van der Waals surface area (Å²) in [5.41, 5.74) is 0.710. The lowest BCUT2D eigenvalue weighted by molar-refractivity contribution is -0.127. The van der Waals surface area contributed by atoms with Gasteiger partial charge in [-0.1, -0.05) is 18.2 Å². The topological polar surface area (TPSA) is 78.6 Å². The van der Waals surface area contributed by atoms with Crippen molar-refractivity contribution in [1.82, 2.24) is 9.55 Å². The van der Waals surface area contributed by atoms with Gasteiger partial charge < -0.3 is 19.7 Å². The Morgan fingerprint density at radius 3 is 2.87 bits per heavy atom. The molecule has 0 unspecified atom stereocenters. The number of aryl methyl sites for hydroxylation is 1. The van der Waals surface area contributed by atoms with Gasteiger partial charge in [-0.05, 0) is 18.1 Å². The molecule has 2 aliphatic heterocycles. The van der Waals surface area contributed by atoms with Gasteiger partial charge in [0.15, 0.2) is 5.72 Å². The van der Waals surface area contributed by atoms with E-state index in [0.29, 0.717) is 24.2 Å². The molecule has 6 heteroatoms. The Balaban J connectivity index is 1.98. The summed E-state index contributed by atoms with van der Waals surface area (Å²) in [5, 5.41) is 22.2. The van der Waals surface area contributed by atoms with Gasteiger partial charge in [0.05, 0.1) is 18.2 Å². The molecule has 1 saturated heterocycles. The molecule has 1 aromatic carbocycles. The Morgan fingerprint density at radius 2 is 2.13 bits per heavy atom. The van der Waals surface area contributed by atoms with E-state index in [1.807, 2.05) is 24.3 Å². The summed E-state index contributed by atoms with van der Waals surface area (Å²) in [7, 11) is 1.80. The molecule has 4 rings (SSSR count). The molecule has 0 saturated carbocycles. The fourth-order valence-electron chi connectivity index (χ4n) is 3.93. The van der Waals surface area contributed by atoms with Crippen molar-refractivity contribution in [2.75, 3.05) is 4.90 Å². The number of carbonyl (C=O) groups is 1. The molecular weight excluding hydrogens is 294 g/mol. The highest BCUT2D eigenvalue weighted by atomic mass is 16.3. The van der Waals surface area contributed by atoms with Crippen molar-refractivity contribution in [1.29, 1.82) is 0 Å². The molecule has 1 fully saturated rings. The van der Waals surface area contributed by atoms with E-state index in [2.05, 4.69) is 4.98 Å². The van der Waals surface area contributed by atoms with Crippen molar-refractivity contribution in [2.45, 2.75) is 37.1 Å². The Bertz CT molecular complexity index is 772. The third-order valence-corrected chi connectivity index (χ3v) is 5.02. The highest BCUT2D eigenvalue weighted by Gasteiger charge is 2.51. The molecule has 2 N–H and O–H groups in total. The van der Waals surface area contributed by atoms with E-state index in [-0.39, 0.29) is 18.1 Å². The van der Waals surface area contributed by atoms with Gasteiger partial charge in [-0.15, -0.1) is 0 Å². The molecule has 0 amide bonds. The number of benzene rings is 1. The minimum atomic E-state index is -1.46. The number of Topliss-reactive ketones (excluding diaryl/α,β-unsaturated/α-hetero) is 1. The molecular formula is C17H19N3O3. The number of fused-ring (bicyclic) bond motifs is 6. The summed E-state index contributed by atoms with van der Waals surface area (Å²) in [6.07, 6.45) is 3.13. The van der Waals surface area contributed by atoms with Crippen molar-refractivity contribution in [3.05, 3.63) is 48.0 Å². The Kier molecular flexibility index (Phi) is 3.08.